The van der Waals surface area contributed by atoms with E-state index in [1.165, 1.54) is 36.8 Å². The van der Waals surface area contributed by atoms with E-state index >= 15 is 0 Å². The second-order valence-corrected chi connectivity index (χ2v) is 6.39. The van der Waals surface area contributed by atoms with Crippen LogP contribution in [0.15, 0.2) is 29.3 Å². The van der Waals surface area contributed by atoms with Gasteiger partial charge in [0.05, 0.1) is 6.10 Å². The Morgan fingerprint density at radius 3 is 2.95 bits per heavy atom. The minimum absolute atomic E-state index is 0.264. The van der Waals surface area contributed by atoms with Crippen molar-refractivity contribution in [2.45, 2.75) is 50.7 Å². The highest BCUT2D eigenvalue weighted by molar-refractivity contribution is 5.78. The predicted molar refractivity (Wildman–Crippen MR) is 90.0 cm³/mol. The van der Waals surface area contributed by atoms with Gasteiger partial charge in [-0.3, -0.25) is 4.99 Å². The second-order valence-electron chi connectivity index (χ2n) is 6.39. The van der Waals surface area contributed by atoms with Crippen molar-refractivity contribution in [3.05, 3.63) is 35.4 Å². The van der Waals surface area contributed by atoms with Gasteiger partial charge in [0.2, 0.25) is 0 Å². The molecule has 2 aliphatic carbocycles. The number of aryl methyl sites for hydroxylation is 1. The Balaban J connectivity index is 1.41. The average molecular weight is 301 g/mol. The number of guanidine groups is 1. The summed E-state index contributed by atoms with van der Waals surface area (Å²) < 4.78 is 6.09. The second kappa shape index (κ2) is 7.14. The third-order valence-corrected chi connectivity index (χ3v) is 4.67. The fourth-order valence-corrected chi connectivity index (χ4v) is 3.13. The molecule has 120 valence electrons. The lowest BCUT2D eigenvalue weighted by atomic mass is 9.89. The Labute approximate surface area is 133 Å². The molecule has 0 aromatic heterocycles. The zero-order valence-electron chi connectivity index (χ0n) is 13.5. The van der Waals surface area contributed by atoms with E-state index in [9.17, 15) is 0 Å². The van der Waals surface area contributed by atoms with E-state index in [0.29, 0.717) is 12.0 Å². The Hall–Kier alpha value is -1.55. The first-order chi connectivity index (χ1) is 10.8. The Morgan fingerprint density at radius 2 is 2.14 bits per heavy atom. The maximum absolute atomic E-state index is 6.09. The maximum Gasteiger partial charge on any atom is 0.191 e. The molecule has 0 amide bonds. The minimum Gasteiger partial charge on any atom is -0.373 e. The van der Waals surface area contributed by atoms with Gasteiger partial charge in [0.15, 0.2) is 5.96 Å². The molecule has 0 spiro atoms. The molecule has 4 heteroatoms. The smallest absolute Gasteiger partial charge is 0.191 e. The molecular weight excluding hydrogens is 274 g/mol. The molecule has 1 fully saturated rings. The number of nitrogens with two attached hydrogens (primary N) is 1. The standard InChI is InChI=1S/C18H27N3O/c1-21(15-10-11-15)18(19)20-12-5-13-22-17-9-4-7-14-6-2-3-8-16(14)17/h2-3,6,8,15,17H,4-5,7,9-13H2,1H3,(H2,19,20). The molecule has 22 heavy (non-hydrogen) atoms. The molecule has 2 N–H and O–H groups in total. The highest BCUT2D eigenvalue weighted by Gasteiger charge is 2.27. The highest BCUT2D eigenvalue weighted by atomic mass is 16.5. The molecule has 2 aliphatic rings. The fourth-order valence-electron chi connectivity index (χ4n) is 3.13. The third kappa shape index (κ3) is 3.80. The van der Waals surface area contributed by atoms with Crippen LogP contribution in [0.1, 0.15) is 49.3 Å². The molecule has 1 unspecified atom stereocenters. The van der Waals surface area contributed by atoms with Gasteiger partial charge in [-0.05, 0) is 49.7 Å². The van der Waals surface area contributed by atoms with Crippen LogP contribution < -0.4 is 5.73 Å². The van der Waals surface area contributed by atoms with Crippen LogP contribution in [-0.2, 0) is 11.2 Å². The van der Waals surface area contributed by atoms with Gasteiger partial charge in [-0.25, -0.2) is 0 Å². The summed E-state index contributed by atoms with van der Waals surface area (Å²) in [5.74, 6) is 0.672. The summed E-state index contributed by atoms with van der Waals surface area (Å²) in [6.07, 6.45) is 7.22. The van der Waals surface area contributed by atoms with Crippen molar-refractivity contribution in [1.29, 1.82) is 0 Å². The molecule has 0 saturated heterocycles. The van der Waals surface area contributed by atoms with Crippen LogP contribution in [0.5, 0.6) is 0 Å². The highest BCUT2D eigenvalue weighted by Crippen LogP contribution is 2.32. The number of benzene rings is 1. The van der Waals surface area contributed by atoms with Crippen LogP contribution in [0, 0.1) is 0 Å². The van der Waals surface area contributed by atoms with Gasteiger partial charge in [-0.15, -0.1) is 0 Å². The van der Waals surface area contributed by atoms with Gasteiger partial charge in [-0.1, -0.05) is 24.3 Å². The number of hydrogen-bond acceptors (Lipinski definition) is 2. The molecule has 4 nitrogen and oxygen atoms in total. The zero-order chi connectivity index (χ0) is 15.4. The first kappa shape index (κ1) is 15.3. The molecule has 0 radical (unpaired) electrons. The number of ether oxygens (including phenoxy) is 1. The Kier molecular flexibility index (Phi) is 4.98. The monoisotopic (exact) mass is 301 g/mol. The van der Waals surface area contributed by atoms with Crippen LogP contribution in [0.3, 0.4) is 0 Å². The van der Waals surface area contributed by atoms with E-state index in [1.807, 2.05) is 7.05 Å². The molecule has 1 atom stereocenters. The number of fused-ring (bicyclic) bond motifs is 1. The van der Waals surface area contributed by atoms with E-state index < -0.39 is 0 Å². The van der Waals surface area contributed by atoms with Crippen molar-refractivity contribution >= 4 is 5.96 Å². The van der Waals surface area contributed by atoms with Crippen LogP contribution in [0.4, 0.5) is 0 Å². The van der Waals surface area contributed by atoms with Gasteiger partial charge in [0, 0.05) is 26.2 Å². The first-order valence-electron chi connectivity index (χ1n) is 8.48. The molecule has 0 heterocycles. The normalized spacial score (nSPS) is 21.5. The van der Waals surface area contributed by atoms with Crippen LogP contribution in [-0.4, -0.2) is 37.1 Å². The van der Waals surface area contributed by atoms with E-state index in [-0.39, 0.29) is 6.10 Å². The lowest BCUT2D eigenvalue weighted by Crippen LogP contribution is -2.35. The quantitative estimate of drug-likeness (QED) is 0.499. The summed E-state index contributed by atoms with van der Waals surface area (Å²) in [5.41, 5.74) is 8.81. The third-order valence-electron chi connectivity index (χ3n) is 4.67. The van der Waals surface area contributed by atoms with Gasteiger partial charge in [0.1, 0.15) is 0 Å². The van der Waals surface area contributed by atoms with Crippen LogP contribution in [0.25, 0.3) is 0 Å². The minimum atomic E-state index is 0.264. The number of aliphatic imine (C=N–C) groups is 1. The van der Waals surface area contributed by atoms with Gasteiger partial charge in [0.25, 0.3) is 0 Å². The fraction of sp³-hybridized carbons (Fsp3) is 0.611. The molecule has 1 saturated carbocycles. The Bertz CT molecular complexity index is 525. The van der Waals surface area contributed by atoms with E-state index in [2.05, 4.69) is 34.2 Å². The molecule has 1 aromatic carbocycles. The molecule has 3 rings (SSSR count). The van der Waals surface area contributed by atoms with Crippen LogP contribution in [0.2, 0.25) is 0 Å². The van der Waals surface area contributed by atoms with E-state index in [0.717, 1.165) is 26.0 Å². The first-order valence-corrected chi connectivity index (χ1v) is 8.48. The largest absolute Gasteiger partial charge is 0.373 e. The van der Waals surface area contributed by atoms with Crippen molar-refractivity contribution in [1.82, 2.24) is 4.90 Å². The number of rotatable bonds is 6. The summed E-state index contributed by atoms with van der Waals surface area (Å²) >= 11 is 0. The summed E-state index contributed by atoms with van der Waals surface area (Å²) in [6.45, 7) is 1.50. The van der Waals surface area contributed by atoms with Gasteiger partial charge in [-0.2, -0.15) is 0 Å². The average Bonchev–Trinajstić information content (AvgIpc) is 3.38. The van der Waals surface area contributed by atoms with E-state index in [1.54, 1.807) is 0 Å². The lowest BCUT2D eigenvalue weighted by molar-refractivity contribution is 0.0402. The molecule has 1 aromatic rings. The Morgan fingerprint density at radius 1 is 1.32 bits per heavy atom. The van der Waals surface area contributed by atoms with Gasteiger partial charge >= 0.3 is 0 Å². The summed E-state index contributed by atoms with van der Waals surface area (Å²) in [5, 5.41) is 0. The van der Waals surface area contributed by atoms with E-state index in [4.69, 9.17) is 10.5 Å². The molecule has 0 aliphatic heterocycles. The topological polar surface area (TPSA) is 50.8 Å². The van der Waals surface area contributed by atoms with Crippen molar-refractivity contribution < 1.29 is 4.74 Å². The summed E-state index contributed by atoms with van der Waals surface area (Å²) in [4.78, 5) is 6.55. The molecule has 0 bridgehead atoms. The number of nitrogens with zero attached hydrogens (tertiary/aromatic N) is 2. The van der Waals surface area contributed by atoms with Crippen molar-refractivity contribution in [3.8, 4) is 0 Å². The summed E-state index contributed by atoms with van der Waals surface area (Å²) in [7, 11) is 2.03. The van der Waals surface area contributed by atoms with Crippen LogP contribution >= 0.6 is 0 Å². The molecular formula is C18H27N3O. The van der Waals surface area contributed by atoms with Gasteiger partial charge < -0.3 is 15.4 Å². The van der Waals surface area contributed by atoms with Crippen molar-refractivity contribution in [2.75, 3.05) is 20.2 Å². The maximum atomic E-state index is 6.09. The summed E-state index contributed by atoms with van der Waals surface area (Å²) in [6, 6.07) is 9.29. The lowest BCUT2D eigenvalue weighted by Gasteiger charge is -2.25. The predicted octanol–water partition coefficient (Wildman–Crippen LogP) is 2.88. The van der Waals surface area contributed by atoms with Crippen molar-refractivity contribution in [2.24, 2.45) is 10.7 Å². The van der Waals surface area contributed by atoms with Crippen molar-refractivity contribution in [3.63, 3.8) is 0 Å². The zero-order valence-corrected chi connectivity index (χ0v) is 13.5. The number of hydrogen-bond donors (Lipinski definition) is 1. The SMILES string of the molecule is CN(C(N)=NCCCOC1CCCc2ccccc21)C1CC1.